The zero-order valence-electron chi connectivity index (χ0n) is 13.6. The molecule has 1 aliphatic rings. The number of carbonyl (C=O) groups excluding carboxylic acids is 1. The Hall–Kier alpha value is -2.40. The fourth-order valence-electron chi connectivity index (χ4n) is 2.96. The van der Waals surface area contributed by atoms with E-state index in [0.717, 1.165) is 40.4 Å². The third kappa shape index (κ3) is 2.55. The topological polar surface area (TPSA) is 55.1 Å². The molecule has 2 aromatic heterocycles. The Morgan fingerprint density at radius 1 is 1.25 bits per heavy atom. The monoisotopic (exact) mass is 338 g/mol. The van der Waals surface area contributed by atoms with Crippen molar-refractivity contribution in [1.82, 2.24) is 5.16 Å². The Labute approximate surface area is 144 Å². The second kappa shape index (κ2) is 5.60. The summed E-state index contributed by atoms with van der Waals surface area (Å²) in [6.07, 6.45) is 1.61. The van der Waals surface area contributed by atoms with E-state index in [4.69, 9.17) is 4.52 Å². The molecular weight excluding hydrogens is 320 g/mol. The van der Waals surface area contributed by atoms with Crippen molar-refractivity contribution in [3.8, 4) is 10.6 Å². The van der Waals surface area contributed by atoms with Gasteiger partial charge in [-0.1, -0.05) is 28.9 Å². The second-order valence-corrected chi connectivity index (χ2v) is 7.36. The molecule has 0 bridgehead atoms. The molecule has 0 aliphatic heterocycles. The maximum absolute atomic E-state index is 12.8. The number of nitrogens with one attached hydrogen (secondary N) is 1. The van der Waals surface area contributed by atoms with Crippen LogP contribution in [0.4, 0.5) is 5.69 Å². The molecular formula is C19H18N2O2S. The van der Waals surface area contributed by atoms with Crippen LogP contribution >= 0.6 is 11.3 Å². The predicted octanol–water partition coefficient (Wildman–Crippen LogP) is 4.69. The van der Waals surface area contributed by atoms with Gasteiger partial charge in [-0.25, -0.2) is 0 Å². The second-order valence-electron chi connectivity index (χ2n) is 6.41. The van der Waals surface area contributed by atoms with Crippen LogP contribution in [0.1, 0.15) is 29.7 Å². The van der Waals surface area contributed by atoms with Crippen LogP contribution in [0.25, 0.3) is 10.6 Å². The molecule has 5 heteroatoms. The summed E-state index contributed by atoms with van der Waals surface area (Å²) in [6, 6.07) is 11.9. The van der Waals surface area contributed by atoms with Gasteiger partial charge in [0.1, 0.15) is 0 Å². The average molecular weight is 338 g/mol. The van der Waals surface area contributed by atoms with Crippen LogP contribution in [-0.2, 0) is 10.2 Å². The van der Waals surface area contributed by atoms with Gasteiger partial charge in [-0.05, 0) is 49.8 Å². The van der Waals surface area contributed by atoms with Crippen LogP contribution in [0.2, 0.25) is 0 Å². The van der Waals surface area contributed by atoms with Gasteiger partial charge in [0.15, 0.2) is 5.76 Å². The number of aromatic nitrogens is 1. The molecule has 1 fully saturated rings. The standard InChI is InChI=1S/C19H18N2O2S/c1-12-5-6-14(13(2)10-12)20-18(22)19(7-8-19)17-11-15(23-21-17)16-4-3-9-24-16/h3-6,9-11H,7-8H2,1-2H3,(H,20,22). The molecule has 1 aliphatic carbocycles. The first kappa shape index (κ1) is 15.1. The number of hydrogen-bond donors (Lipinski definition) is 1. The van der Waals surface area contributed by atoms with Crippen molar-refractivity contribution in [3.63, 3.8) is 0 Å². The lowest BCUT2D eigenvalue weighted by atomic mass is 10.0. The number of amides is 1. The van der Waals surface area contributed by atoms with E-state index in [0.29, 0.717) is 0 Å². The molecule has 1 aromatic carbocycles. The first-order valence-electron chi connectivity index (χ1n) is 7.98. The highest BCUT2D eigenvalue weighted by atomic mass is 32.1. The molecule has 1 N–H and O–H groups in total. The van der Waals surface area contributed by atoms with Crippen molar-refractivity contribution < 1.29 is 9.32 Å². The summed E-state index contributed by atoms with van der Waals surface area (Å²) < 4.78 is 5.46. The van der Waals surface area contributed by atoms with Crippen molar-refractivity contribution in [2.75, 3.05) is 5.32 Å². The molecule has 4 nitrogen and oxygen atoms in total. The smallest absolute Gasteiger partial charge is 0.236 e. The Morgan fingerprint density at radius 3 is 2.75 bits per heavy atom. The van der Waals surface area contributed by atoms with Crippen LogP contribution in [0, 0.1) is 13.8 Å². The number of thiophene rings is 1. The number of hydrogen-bond acceptors (Lipinski definition) is 4. The zero-order chi connectivity index (χ0) is 16.7. The molecule has 1 saturated carbocycles. The predicted molar refractivity (Wildman–Crippen MR) is 95.3 cm³/mol. The lowest BCUT2D eigenvalue weighted by molar-refractivity contribution is -0.118. The fourth-order valence-corrected chi connectivity index (χ4v) is 3.63. The minimum atomic E-state index is -0.545. The van der Waals surface area contributed by atoms with Crippen LogP contribution in [-0.4, -0.2) is 11.1 Å². The van der Waals surface area contributed by atoms with Crippen LogP contribution in [0.5, 0.6) is 0 Å². The van der Waals surface area contributed by atoms with Crippen molar-refractivity contribution in [2.24, 2.45) is 0 Å². The normalized spacial score (nSPS) is 15.2. The molecule has 24 heavy (non-hydrogen) atoms. The maximum Gasteiger partial charge on any atom is 0.236 e. The van der Waals surface area contributed by atoms with Gasteiger partial charge in [-0.2, -0.15) is 0 Å². The van der Waals surface area contributed by atoms with Gasteiger partial charge in [0.25, 0.3) is 0 Å². The lowest BCUT2D eigenvalue weighted by Gasteiger charge is -2.14. The molecule has 3 aromatic rings. The van der Waals surface area contributed by atoms with E-state index < -0.39 is 5.41 Å². The summed E-state index contributed by atoms with van der Waals surface area (Å²) in [6.45, 7) is 4.05. The van der Waals surface area contributed by atoms with Gasteiger partial charge >= 0.3 is 0 Å². The molecule has 0 unspecified atom stereocenters. The Morgan fingerprint density at radius 2 is 2.08 bits per heavy atom. The summed E-state index contributed by atoms with van der Waals surface area (Å²) in [7, 11) is 0. The summed E-state index contributed by atoms with van der Waals surface area (Å²) in [4.78, 5) is 13.9. The molecule has 0 saturated heterocycles. The largest absolute Gasteiger partial charge is 0.355 e. The van der Waals surface area contributed by atoms with Crippen molar-refractivity contribution in [1.29, 1.82) is 0 Å². The van der Waals surface area contributed by atoms with Gasteiger partial charge in [0, 0.05) is 11.8 Å². The number of anilines is 1. The van der Waals surface area contributed by atoms with Crippen molar-refractivity contribution in [2.45, 2.75) is 32.1 Å². The third-order valence-electron chi connectivity index (χ3n) is 4.58. The number of aryl methyl sites for hydroxylation is 2. The first-order valence-corrected chi connectivity index (χ1v) is 8.86. The summed E-state index contributed by atoms with van der Waals surface area (Å²) >= 11 is 1.60. The molecule has 1 amide bonds. The molecule has 0 radical (unpaired) electrons. The summed E-state index contributed by atoms with van der Waals surface area (Å²) in [5.74, 6) is 0.728. The van der Waals surface area contributed by atoms with Crippen molar-refractivity contribution in [3.05, 3.63) is 58.6 Å². The van der Waals surface area contributed by atoms with E-state index >= 15 is 0 Å². The number of benzene rings is 1. The fraction of sp³-hybridized carbons (Fsp3) is 0.263. The van der Waals surface area contributed by atoms with Gasteiger partial charge < -0.3 is 9.84 Å². The molecule has 0 atom stereocenters. The lowest BCUT2D eigenvalue weighted by Crippen LogP contribution is -2.28. The van der Waals surface area contributed by atoms with E-state index in [2.05, 4.69) is 16.5 Å². The van der Waals surface area contributed by atoms with Crippen LogP contribution in [0.3, 0.4) is 0 Å². The van der Waals surface area contributed by atoms with E-state index in [9.17, 15) is 4.79 Å². The molecule has 4 rings (SSSR count). The maximum atomic E-state index is 12.8. The van der Waals surface area contributed by atoms with E-state index in [1.54, 1.807) is 11.3 Å². The molecule has 2 heterocycles. The van der Waals surface area contributed by atoms with Gasteiger partial charge in [0.2, 0.25) is 5.91 Å². The highest BCUT2D eigenvalue weighted by molar-refractivity contribution is 7.13. The number of nitrogens with zero attached hydrogens (tertiary/aromatic N) is 1. The Balaban J connectivity index is 1.58. The zero-order valence-corrected chi connectivity index (χ0v) is 14.4. The first-order chi connectivity index (χ1) is 11.6. The van der Waals surface area contributed by atoms with E-state index in [1.807, 2.05) is 49.6 Å². The Bertz CT molecular complexity index is 892. The van der Waals surface area contributed by atoms with Gasteiger partial charge in [-0.3, -0.25) is 4.79 Å². The van der Waals surface area contributed by atoms with Crippen LogP contribution < -0.4 is 5.32 Å². The SMILES string of the molecule is Cc1ccc(NC(=O)C2(c3cc(-c4cccs4)on3)CC2)c(C)c1. The quantitative estimate of drug-likeness (QED) is 0.751. The number of rotatable bonds is 4. The molecule has 122 valence electrons. The number of carbonyl (C=O) groups is 1. The van der Waals surface area contributed by atoms with Gasteiger partial charge in [0.05, 0.1) is 16.0 Å². The summed E-state index contributed by atoms with van der Waals surface area (Å²) in [5.41, 5.74) is 3.30. The Kier molecular flexibility index (Phi) is 3.53. The van der Waals surface area contributed by atoms with E-state index in [-0.39, 0.29) is 5.91 Å². The third-order valence-corrected chi connectivity index (χ3v) is 5.46. The molecule has 0 spiro atoms. The highest BCUT2D eigenvalue weighted by Crippen LogP contribution is 2.49. The summed E-state index contributed by atoms with van der Waals surface area (Å²) in [5, 5.41) is 9.24. The minimum absolute atomic E-state index is 0.000447. The average Bonchev–Trinajstić information content (AvgIpc) is 3.00. The van der Waals surface area contributed by atoms with Gasteiger partial charge in [-0.15, -0.1) is 11.3 Å². The van der Waals surface area contributed by atoms with Crippen LogP contribution in [0.15, 0.2) is 46.3 Å². The highest BCUT2D eigenvalue weighted by Gasteiger charge is 2.54. The van der Waals surface area contributed by atoms with Crippen molar-refractivity contribution >= 4 is 22.9 Å². The van der Waals surface area contributed by atoms with E-state index in [1.165, 1.54) is 5.56 Å². The minimum Gasteiger partial charge on any atom is -0.355 e.